The van der Waals surface area contributed by atoms with Crippen LogP contribution in [0.4, 0.5) is 0 Å². The molecule has 0 fully saturated rings. The quantitative estimate of drug-likeness (QED) is 0.772. The van der Waals surface area contributed by atoms with Crippen molar-refractivity contribution in [1.29, 1.82) is 0 Å². The lowest BCUT2D eigenvalue weighted by molar-refractivity contribution is -0.140. The monoisotopic (exact) mass is 366 g/mol. The predicted molar refractivity (Wildman–Crippen MR) is 104 cm³/mol. The number of rotatable bonds is 6. The lowest BCUT2D eigenvalue weighted by Gasteiger charge is -2.26. The van der Waals surface area contributed by atoms with Gasteiger partial charge in [-0.3, -0.25) is 9.59 Å². The fourth-order valence-corrected chi connectivity index (χ4v) is 3.30. The van der Waals surface area contributed by atoms with Crippen LogP contribution in [0.25, 0.3) is 0 Å². The molecule has 27 heavy (non-hydrogen) atoms. The topological polar surface area (TPSA) is 67.4 Å². The highest BCUT2D eigenvalue weighted by Gasteiger charge is 2.23. The highest BCUT2D eigenvalue weighted by atomic mass is 16.5. The predicted octanol–water partition coefficient (Wildman–Crippen LogP) is 2.55. The molecule has 5 nitrogen and oxygen atoms in total. The third-order valence-corrected chi connectivity index (χ3v) is 4.83. The molecule has 1 aliphatic heterocycles. The van der Waals surface area contributed by atoms with Crippen LogP contribution in [0.2, 0.25) is 0 Å². The lowest BCUT2D eigenvalue weighted by atomic mass is 9.97. The van der Waals surface area contributed by atoms with Crippen molar-refractivity contribution in [3.63, 3.8) is 0 Å². The molecule has 0 aliphatic carbocycles. The summed E-state index contributed by atoms with van der Waals surface area (Å²) >= 11 is 0. The first-order chi connectivity index (χ1) is 13.1. The van der Waals surface area contributed by atoms with Crippen molar-refractivity contribution in [2.75, 3.05) is 13.2 Å². The van der Waals surface area contributed by atoms with Gasteiger partial charge in [-0.25, -0.2) is 0 Å². The van der Waals surface area contributed by atoms with Gasteiger partial charge in [-0.05, 0) is 42.9 Å². The normalized spacial score (nSPS) is 16.9. The number of carbonyl (C=O) groups is 2. The summed E-state index contributed by atoms with van der Waals surface area (Å²) in [4.78, 5) is 24.2. The molecular weight excluding hydrogens is 340 g/mol. The van der Waals surface area contributed by atoms with Crippen molar-refractivity contribution < 1.29 is 14.3 Å². The van der Waals surface area contributed by atoms with E-state index in [9.17, 15) is 9.59 Å². The first-order valence-electron chi connectivity index (χ1n) is 9.45. The molecular formula is C22H26N2O3. The van der Waals surface area contributed by atoms with Crippen LogP contribution >= 0.6 is 0 Å². The Balaban J connectivity index is 1.43. The number of ether oxygens (including phenoxy) is 1. The van der Waals surface area contributed by atoms with Gasteiger partial charge in [0.25, 0.3) is 0 Å². The molecule has 2 N–H and O–H groups in total. The van der Waals surface area contributed by atoms with Crippen molar-refractivity contribution in [2.24, 2.45) is 0 Å². The molecule has 1 heterocycles. The van der Waals surface area contributed by atoms with Gasteiger partial charge in [0, 0.05) is 12.6 Å². The molecule has 3 rings (SSSR count). The van der Waals surface area contributed by atoms with E-state index in [4.69, 9.17) is 4.74 Å². The van der Waals surface area contributed by atoms with E-state index >= 15 is 0 Å². The van der Waals surface area contributed by atoms with Crippen LogP contribution < -0.4 is 10.6 Å². The molecule has 0 radical (unpaired) electrons. The summed E-state index contributed by atoms with van der Waals surface area (Å²) in [7, 11) is 0. The minimum Gasteiger partial charge on any atom is -0.371 e. The smallest absolute Gasteiger partial charge is 0.309 e. The van der Waals surface area contributed by atoms with Gasteiger partial charge in [0.05, 0.1) is 6.61 Å². The van der Waals surface area contributed by atoms with Crippen LogP contribution in [0.3, 0.4) is 0 Å². The van der Waals surface area contributed by atoms with E-state index in [2.05, 4.69) is 28.8 Å². The van der Waals surface area contributed by atoms with E-state index in [1.165, 1.54) is 11.1 Å². The fourth-order valence-electron chi connectivity index (χ4n) is 3.30. The summed E-state index contributed by atoms with van der Waals surface area (Å²) in [6.07, 6.45) is 2.31. The summed E-state index contributed by atoms with van der Waals surface area (Å²) in [6.45, 7) is 2.83. The molecule has 0 aromatic heterocycles. The van der Waals surface area contributed by atoms with Gasteiger partial charge >= 0.3 is 11.8 Å². The standard InChI is InChI=1S/C22H26N2O3/c1-16(11-12-17-7-3-2-4-8-17)24-22(26)21(25)23-15-20-19-10-6-5-9-18(19)13-14-27-20/h2-10,16,20H,11-15H2,1H3,(H,23,25)(H,24,26)/t16-,20-/m0/s1. The van der Waals surface area contributed by atoms with Gasteiger partial charge in [0.1, 0.15) is 6.10 Å². The zero-order valence-electron chi connectivity index (χ0n) is 15.6. The number of fused-ring (bicyclic) bond motifs is 1. The van der Waals surface area contributed by atoms with Crippen molar-refractivity contribution in [1.82, 2.24) is 10.6 Å². The summed E-state index contributed by atoms with van der Waals surface area (Å²) < 4.78 is 5.76. The highest BCUT2D eigenvalue weighted by Crippen LogP contribution is 2.26. The second-order valence-corrected chi connectivity index (χ2v) is 6.92. The molecule has 2 amide bonds. The average molecular weight is 366 g/mol. The van der Waals surface area contributed by atoms with E-state index in [0.717, 1.165) is 24.8 Å². The maximum absolute atomic E-state index is 12.1. The summed E-state index contributed by atoms with van der Waals surface area (Å²) in [5.74, 6) is -1.21. The number of hydrogen-bond acceptors (Lipinski definition) is 3. The molecule has 1 aliphatic rings. The van der Waals surface area contributed by atoms with Crippen LogP contribution in [0.1, 0.15) is 36.1 Å². The fraction of sp³-hybridized carbons (Fsp3) is 0.364. The molecule has 2 aromatic rings. The van der Waals surface area contributed by atoms with Gasteiger partial charge < -0.3 is 15.4 Å². The van der Waals surface area contributed by atoms with E-state index in [1.54, 1.807) is 0 Å². The van der Waals surface area contributed by atoms with Crippen LogP contribution in [0.5, 0.6) is 0 Å². The molecule has 5 heteroatoms. The van der Waals surface area contributed by atoms with Gasteiger partial charge in [0.15, 0.2) is 0 Å². The van der Waals surface area contributed by atoms with Crippen LogP contribution in [-0.4, -0.2) is 31.0 Å². The maximum Gasteiger partial charge on any atom is 0.309 e. The van der Waals surface area contributed by atoms with Gasteiger partial charge in [-0.1, -0.05) is 54.6 Å². The highest BCUT2D eigenvalue weighted by molar-refractivity contribution is 6.35. The van der Waals surface area contributed by atoms with Crippen molar-refractivity contribution >= 4 is 11.8 Å². The van der Waals surface area contributed by atoms with E-state index in [1.807, 2.05) is 43.3 Å². The third kappa shape index (κ3) is 5.41. The molecule has 142 valence electrons. The molecule has 0 saturated carbocycles. The maximum atomic E-state index is 12.1. The Morgan fingerprint density at radius 1 is 1.07 bits per heavy atom. The Labute approximate surface area is 160 Å². The number of carbonyl (C=O) groups excluding carboxylic acids is 2. The number of benzene rings is 2. The van der Waals surface area contributed by atoms with Gasteiger partial charge in [-0.2, -0.15) is 0 Å². The third-order valence-electron chi connectivity index (χ3n) is 4.83. The summed E-state index contributed by atoms with van der Waals surface area (Å²) in [5.41, 5.74) is 3.54. The van der Waals surface area contributed by atoms with Crippen molar-refractivity contribution in [3.05, 3.63) is 71.3 Å². The number of amides is 2. The van der Waals surface area contributed by atoms with Crippen LogP contribution in [0, 0.1) is 0 Å². The Bertz CT molecular complexity index is 776. The minimum absolute atomic E-state index is 0.0740. The van der Waals surface area contributed by atoms with Crippen LogP contribution in [0.15, 0.2) is 54.6 Å². The van der Waals surface area contributed by atoms with Gasteiger partial charge in [0.2, 0.25) is 0 Å². The second kappa shape index (κ2) is 9.33. The Morgan fingerprint density at radius 2 is 1.81 bits per heavy atom. The molecule has 0 bridgehead atoms. The van der Waals surface area contributed by atoms with Gasteiger partial charge in [-0.15, -0.1) is 0 Å². The molecule has 0 spiro atoms. The van der Waals surface area contributed by atoms with E-state index < -0.39 is 11.8 Å². The zero-order chi connectivity index (χ0) is 19.1. The molecule has 0 saturated heterocycles. The molecule has 2 aromatic carbocycles. The Kier molecular flexibility index (Phi) is 6.60. The van der Waals surface area contributed by atoms with Crippen molar-refractivity contribution in [3.8, 4) is 0 Å². The lowest BCUT2D eigenvalue weighted by Crippen LogP contribution is -2.45. The summed E-state index contributed by atoms with van der Waals surface area (Å²) in [5, 5.41) is 5.46. The zero-order valence-corrected chi connectivity index (χ0v) is 15.6. The minimum atomic E-state index is -0.617. The molecule has 0 unspecified atom stereocenters. The number of aryl methyl sites for hydroxylation is 1. The second-order valence-electron chi connectivity index (χ2n) is 6.92. The molecule has 2 atom stereocenters. The van der Waals surface area contributed by atoms with E-state index in [-0.39, 0.29) is 12.1 Å². The number of nitrogens with one attached hydrogen (secondary N) is 2. The Morgan fingerprint density at radius 3 is 2.63 bits per heavy atom. The van der Waals surface area contributed by atoms with Crippen molar-refractivity contribution in [2.45, 2.75) is 38.3 Å². The SMILES string of the molecule is C[C@@H](CCc1ccccc1)NC(=O)C(=O)NC[C@@H]1OCCc2ccccc21. The average Bonchev–Trinajstić information content (AvgIpc) is 2.71. The van der Waals surface area contributed by atoms with E-state index in [0.29, 0.717) is 13.2 Å². The number of hydrogen-bond donors (Lipinski definition) is 2. The first kappa shape index (κ1) is 19.1. The van der Waals surface area contributed by atoms with Crippen LogP contribution in [-0.2, 0) is 27.2 Å². The first-order valence-corrected chi connectivity index (χ1v) is 9.45. The largest absolute Gasteiger partial charge is 0.371 e. The Hall–Kier alpha value is -2.66. The summed E-state index contributed by atoms with van der Waals surface area (Å²) in [6, 6.07) is 18.1.